The van der Waals surface area contributed by atoms with Crippen LogP contribution in [0.3, 0.4) is 0 Å². The minimum absolute atomic E-state index is 0.127. The van der Waals surface area contributed by atoms with Crippen molar-refractivity contribution in [1.29, 1.82) is 0 Å². The summed E-state index contributed by atoms with van der Waals surface area (Å²) in [6.07, 6.45) is 1.53. The minimum atomic E-state index is -0.352. The van der Waals surface area contributed by atoms with Gasteiger partial charge in [-0.1, -0.05) is 56.3 Å². The van der Waals surface area contributed by atoms with E-state index in [9.17, 15) is 4.79 Å². The number of nitrogens with one attached hydrogen (secondary N) is 1. The van der Waals surface area contributed by atoms with E-state index in [2.05, 4.69) is 40.3 Å². The first kappa shape index (κ1) is 24.3. The van der Waals surface area contributed by atoms with Gasteiger partial charge in [-0.25, -0.2) is 5.43 Å². The van der Waals surface area contributed by atoms with Crippen LogP contribution < -0.4 is 19.6 Å². The molecule has 1 amide bonds. The summed E-state index contributed by atoms with van der Waals surface area (Å²) in [4.78, 5) is 12.1. The van der Waals surface area contributed by atoms with Crippen molar-refractivity contribution < 1.29 is 19.0 Å². The molecule has 0 radical (unpaired) electrons. The fourth-order valence-corrected chi connectivity index (χ4v) is 3.58. The Balaban J connectivity index is 1.56. The van der Waals surface area contributed by atoms with Crippen LogP contribution in [0.25, 0.3) is 0 Å². The highest BCUT2D eigenvalue weighted by atomic mass is 79.9. The van der Waals surface area contributed by atoms with Gasteiger partial charge in [-0.3, -0.25) is 4.79 Å². The molecule has 33 heavy (non-hydrogen) atoms. The van der Waals surface area contributed by atoms with E-state index in [1.807, 2.05) is 60.7 Å². The van der Waals surface area contributed by atoms with Crippen LogP contribution in [0, 0.1) is 0 Å². The molecule has 3 aromatic carbocycles. The standard InChI is InChI=1S/C26H27BrN2O4/c1-18(2)21-10-7-11-22(14-21)32-17-25(30)29-28-15-20-12-23(27)26(24(13-20)31-3)33-16-19-8-5-4-6-9-19/h4-15,18H,16-17H2,1-3H3,(H,29,30)/b28-15+. The van der Waals surface area contributed by atoms with Crippen molar-refractivity contribution in [2.75, 3.05) is 13.7 Å². The molecule has 0 spiro atoms. The molecule has 172 valence electrons. The number of ether oxygens (including phenoxy) is 3. The number of hydrogen-bond donors (Lipinski definition) is 1. The Bertz CT molecular complexity index is 1100. The van der Waals surface area contributed by atoms with Crippen molar-refractivity contribution in [2.45, 2.75) is 26.4 Å². The molecule has 3 rings (SSSR count). The summed E-state index contributed by atoms with van der Waals surface area (Å²) in [5.74, 6) is 1.84. The molecule has 0 heterocycles. The van der Waals surface area contributed by atoms with E-state index in [1.165, 1.54) is 6.21 Å². The molecule has 7 heteroatoms. The fraction of sp³-hybridized carbons (Fsp3) is 0.231. The predicted molar refractivity (Wildman–Crippen MR) is 133 cm³/mol. The molecule has 0 aliphatic carbocycles. The Hall–Kier alpha value is -3.32. The van der Waals surface area contributed by atoms with Crippen LogP contribution in [-0.2, 0) is 11.4 Å². The molecule has 0 atom stereocenters. The fourth-order valence-electron chi connectivity index (χ4n) is 3.01. The van der Waals surface area contributed by atoms with Gasteiger partial charge in [-0.05, 0) is 62.8 Å². The molecule has 0 saturated heterocycles. The molecular formula is C26H27BrN2O4. The average Bonchev–Trinajstić information content (AvgIpc) is 2.82. The number of hydrazone groups is 1. The number of carbonyl (C=O) groups is 1. The van der Waals surface area contributed by atoms with E-state index in [0.717, 1.165) is 21.2 Å². The Kier molecular flexibility index (Phi) is 8.89. The van der Waals surface area contributed by atoms with Crippen molar-refractivity contribution in [3.63, 3.8) is 0 Å². The lowest BCUT2D eigenvalue weighted by Crippen LogP contribution is -2.24. The highest BCUT2D eigenvalue weighted by Crippen LogP contribution is 2.36. The van der Waals surface area contributed by atoms with Crippen LogP contribution in [0.4, 0.5) is 0 Å². The summed E-state index contributed by atoms with van der Waals surface area (Å²) >= 11 is 3.53. The molecule has 0 fully saturated rings. The lowest BCUT2D eigenvalue weighted by Gasteiger charge is -2.13. The van der Waals surface area contributed by atoms with Gasteiger partial charge in [0.05, 0.1) is 17.8 Å². The third-order valence-electron chi connectivity index (χ3n) is 4.78. The van der Waals surface area contributed by atoms with Crippen molar-refractivity contribution in [1.82, 2.24) is 5.43 Å². The van der Waals surface area contributed by atoms with Crippen LogP contribution in [0.2, 0.25) is 0 Å². The second-order valence-corrected chi connectivity index (χ2v) is 8.47. The lowest BCUT2D eigenvalue weighted by molar-refractivity contribution is -0.123. The number of carbonyl (C=O) groups excluding carboxylic acids is 1. The van der Waals surface area contributed by atoms with Gasteiger partial charge in [0.2, 0.25) is 0 Å². The highest BCUT2D eigenvalue weighted by molar-refractivity contribution is 9.10. The summed E-state index contributed by atoms with van der Waals surface area (Å²) in [6, 6.07) is 21.2. The van der Waals surface area contributed by atoms with Gasteiger partial charge in [0, 0.05) is 0 Å². The number of hydrogen-bond acceptors (Lipinski definition) is 5. The van der Waals surface area contributed by atoms with E-state index >= 15 is 0 Å². The molecule has 0 saturated carbocycles. The number of methoxy groups -OCH3 is 1. The molecular weight excluding hydrogens is 484 g/mol. The monoisotopic (exact) mass is 510 g/mol. The molecule has 0 bridgehead atoms. The topological polar surface area (TPSA) is 69.2 Å². The molecule has 0 aliphatic rings. The first-order valence-electron chi connectivity index (χ1n) is 10.5. The molecule has 3 aromatic rings. The van der Waals surface area contributed by atoms with Gasteiger partial charge in [0.15, 0.2) is 18.1 Å². The maximum absolute atomic E-state index is 12.1. The Morgan fingerprint density at radius 1 is 1.06 bits per heavy atom. The average molecular weight is 511 g/mol. The summed E-state index contributed by atoms with van der Waals surface area (Å²) < 4.78 is 17.7. The molecule has 0 unspecified atom stereocenters. The number of amides is 1. The first-order chi connectivity index (χ1) is 16.0. The number of nitrogens with zero attached hydrogens (tertiary/aromatic N) is 1. The van der Waals surface area contributed by atoms with Crippen molar-refractivity contribution >= 4 is 28.1 Å². The van der Waals surface area contributed by atoms with Crippen LogP contribution >= 0.6 is 15.9 Å². The van der Waals surface area contributed by atoms with E-state index in [4.69, 9.17) is 14.2 Å². The van der Waals surface area contributed by atoms with Gasteiger partial charge < -0.3 is 14.2 Å². The van der Waals surface area contributed by atoms with Gasteiger partial charge in [-0.2, -0.15) is 5.10 Å². The maximum atomic E-state index is 12.1. The third-order valence-corrected chi connectivity index (χ3v) is 5.36. The predicted octanol–water partition coefficient (Wildman–Crippen LogP) is 5.69. The second-order valence-electron chi connectivity index (χ2n) is 7.62. The van der Waals surface area contributed by atoms with Crippen molar-refractivity contribution in [3.05, 3.63) is 87.9 Å². The molecule has 6 nitrogen and oxygen atoms in total. The first-order valence-corrected chi connectivity index (χ1v) is 11.3. The van der Waals surface area contributed by atoms with Gasteiger partial charge >= 0.3 is 0 Å². The van der Waals surface area contributed by atoms with Crippen molar-refractivity contribution in [3.8, 4) is 17.2 Å². The van der Waals surface area contributed by atoms with Gasteiger partial charge in [0.25, 0.3) is 5.91 Å². The Labute approximate surface area is 202 Å². The van der Waals surface area contributed by atoms with Gasteiger partial charge in [0.1, 0.15) is 12.4 Å². The van der Waals surface area contributed by atoms with E-state index in [1.54, 1.807) is 13.2 Å². The smallest absolute Gasteiger partial charge is 0.277 e. The number of rotatable bonds is 10. The van der Waals surface area contributed by atoms with Crippen LogP contribution in [0.15, 0.2) is 76.3 Å². The molecule has 0 aliphatic heterocycles. The van der Waals surface area contributed by atoms with Crippen molar-refractivity contribution in [2.24, 2.45) is 5.10 Å². The third kappa shape index (κ3) is 7.36. The number of halogens is 1. The SMILES string of the molecule is COc1cc(/C=N/NC(=O)COc2cccc(C(C)C)c2)cc(Br)c1OCc1ccccc1. The number of benzene rings is 3. The van der Waals surface area contributed by atoms with E-state index in [-0.39, 0.29) is 12.5 Å². The van der Waals surface area contributed by atoms with E-state index in [0.29, 0.717) is 29.8 Å². The summed E-state index contributed by atoms with van der Waals surface area (Å²) in [7, 11) is 1.57. The lowest BCUT2D eigenvalue weighted by atomic mass is 10.0. The highest BCUT2D eigenvalue weighted by Gasteiger charge is 2.12. The summed E-state index contributed by atoms with van der Waals surface area (Å²) in [5, 5.41) is 4.02. The molecule has 1 N–H and O–H groups in total. The normalized spacial score (nSPS) is 10.9. The minimum Gasteiger partial charge on any atom is -0.493 e. The maximum Gasteiger partial charge on any atom is 0.277 e. The zero-order valence-corrected chi connectivity index (χ0v) is 20.5. The summed E-state index contributed by atoms with van der Waals surface area (Å²) in [6.45, 7) is 4.50. The largest absolute Gasteiger partial charge is 0.493 e. The Morgan fingerprint density at radius 3 is 2.58 bits per heavy atom. The summed E-state index contributed by atoms with van der Waals surface area (Å²) in [5.41, 5.74) is 5.42. The quantitative estimate of drug-likeness (QED) is 0.281. The van der Waals surface area contributed by atoms with Gasteiger partial charge in [-0.15, -0.1) is 0 Å². The Morgan fingerprint density at radius 2 is 1.85 bits per heavy atom. The second kappa shape index (κ2) is 12.1. The van der Waals surface area contributed by atoms with E-state index < -0.39 is 0 Å². The molecule has 0 aromatic heterocycles. The van der Waals surface area contributed by atoms with Crippen LogP contribution in [-0.4, -0.2) is 25.8 Å². The van der Waals surface area contributed by atoms with Crippen LogP contribution in [0.5, 0.6) is 17.2 Å². The zero-order chi connectivity index (χ0) is 23.6. The van der Waals surface area contributed by atoms with Crippen LogP contribution in [0.1, 0.15) is 36.5 Å². The zero-order valence-electron chi connectivity index (χ0n) is 18.9.